The van der Waals surface area contributed by atoms with Gasteiger partial charge in [0.2, 0.25) is 26.0 Å². The van der Waals surface area contributed by atoms with Crippen LogP contribution in [-0.4, -0.2) is 52.9 Å². The zero-order valence-corrected chi connectivity index (χ0v) is 19.2. The van der Waals surface area contributed by atoms with Crippen LogP contribution in [0.1, 0.15) is 17.5 Å². The van der Waals surface area contributed by atoms with E-state index in [-0.39, 0.29) is 22.8 Å². The molecule has 0 radical (unpaired) electrons. The lowest BCUT2D eigenvalue weighted by Gasteiger charge is -2.15. The number of carbonyl (C=O) groups is 2. The van der Waals surface area contributed by atoms with Gasteiger partial charge in [0.05, 0.1) is 16.3 Å². The minimum absolute atomic E-state index is 0.00681. The zero-order valence-electron chi connectivity index (χ0n) is 17.5. The molecule has 32 heavy (non-hydrogen) atoms. The monoisotopic (exact) mass is 483 g/mol. The Morgan fingerprint density at radius 2 is 1.31 bits per heavy atom. The first kappa shape index (κ1) is 25.5. The normalized spacial score (nSPS) is 12.8. The van der Waals surface area contributed by atoms with E-state index in [0.717, 1.165) is 11.1 Å². The number of carboxylic acids is 1. The summed E-state index contributed by atoms with van der Waals surface area (Å²) in [6.45, 7) is 2.86. The summed E-state index contributed by atoms with van der Waals surface area (Å²) in [6.07, 6.45) is -0.239. The topological polar surface area (TPSA) is 159 Å². The number of rotatable bonds is 11. The maximum atomic E-state index is 12.4. The third kappa shape index (κ3) is 7.41. The van der Waals surface area contributed by atoms with Gasteiger partial charge in [0, 0.05) is 6.54 Å². The van der Waals surface area contributed by atoms with Gasteiger partial charge in [-0.25, -0.2) is 21.6 Å². The van der Waals surface area contributed by atoms with Crippen LogP contribution >= 0.6 is 0 Å². The second kappa shape index (κ2) is 10.7. The molecule has 0 unspecified atom stereocenters. The van der Waals surface area contributed by atoms with Crippen LogP contribution in [0.4, 0.5) is 0 Å². The number of hydrogen-bond donors (Lipinski definition) is 4. The van der Waals surface area contributed by atoms with Gasteiger partial charge in [-0.3, -0.25) is 9.59 Å². The van der Waals surface area contributed by atoms with Crippen LogP contribution < -0.4 is 14.8 Å². The molecule has 0 heterocycles. The SMILES string of the molecule is Cc1ccc(S(=O)(=O)NCC(=O)NCC[C@H](NS(=O)(=O)c2ccc(C)cc2)C(=O)O)cc1. The number of aryl methyl sites for hydroxylation is 2. The molecule has 0 bridgehead atoms. The smallest absolute Gasteiger partial charge is 0.321 e. The fourth-order valence-corrected chi connectivity index (χ4v) is 4.79. The van der Waals surface area contributed by atoms with Crippen molar-refractivity contribution in [1.29, 1.82) is 0 Å². The Morgan fingerprint density at radius 3 is 1.78 bits per heavy atom. The second-order valence-electron chi connectivity index (χ2n) is 7.10. The number of carboxylic acid groups (broad SMARTS) is 1. The molecular formula is C20H25N3O7S2. The zero-order chi connectivity index (χ0) is 23.9. The Morgan fingerprint density at radius 1 is 0.844 bits per heavy atom. The van der Waals surface area contributed by atoms with E-state index in [4.69, 9.17) is 0 Å². The summed E-state index contributed by atoms with van der Waals surface area (Å²) < 4.78 is 53.4. The largest absolute Gasteiger partial charge is 0.480 e. The van der Waals surface area contributed by atoms with Gasteiger partial charge in [0.1, 0.15) is 6.04 Å². The Bertz CT molecular complexity index is 1160. The van der Waals surface area contributed by atoms with Gasteiger partial charge >= 0.3 is 5.97 Å². The predicted octanol–water partition coefficient (Wildman–Crippen LogP) is 0.520. The molecule has 4 N–H and O–H groups in total. The lowest BCUT2D eigenvalue weighted by molar-refractivity contribution is -0.139. The maximum absolute atomic E-state index is 12.4. The summed E-state index contributed by atoms with van der Waals surface area (Å²) in [5, 5.41) is 11.7. The Hall–Kier alpha value is -2.80. The van der Waals surface area contributed by atoms with Gasteiger partial charge in [0.25, 0.3) is 0 Å². The molecule has 0 fully saturated rings. The van der Waals surface area contributed by atoms with E-state index in [0.29, 0.717) is 0 Å². The van der Waals surface area contributed by atoms with Crippen molar-refractivity contribution >= 4 is 31.9 Å². The molecule has 0 aliphatic rings. The van der Waals surface area contributed by atoms with Crippen LogP contribution in [0, 0.1) is 13.8 Å². The van der Waals surface area contributed by atoms with E-state index in [1.165, 1.54) is 24.3 Å². The number of aliphatic carboxylic acids is 1. The van der Waals surface area contributed by atoms with Gasteiger partial charge in [-0.05, 0) is 44.5 Å². The second-order valence-corrected chi connectivity index (χ2v) is 10.6. The molecule has 0 aliphatic carbocycles. The molecule has 0 aliphatic heterocycles. The summed E-state index contributed by atoms with van der Waals surface area (Å²) in [6, 6.07) is 10.5. The summed E-state index contributed by atoms with van der Waals surface area (Å²) in [7, 11) is -7.95. The predicted molar refractivity (Wildman–Crippen MR) is 117 cm³/mol. The number of benzene rings is 2. The maximum Gasteiger partial charge on any atom is 0.321 e. The first-order valence-corrected chi connectivity index (χ1v) is 12.5. The van der Waals surface area contributed by atoms with Crippen LogP contribution in [-0.2, 0) is 29.6 Å². The molecule has 0 spiro atoms. The highest BCUT2D eigenvalue weighted by Gasteiger charge is 2.25. The van der Waals surface area contributed by atoms with Crippen molar-refractivity contribution in [3.8, 4) is 0 Å². The van der Waals surface area contributed by atoms with E-state index in [1.807, 2.05) is 6.92 Å². The number of amides is 1. The van der Waals surface area contributed by atoms with Crippen LogP contribution in [0.25, 0.3) is 0 Å². The molecule has 174 valence electrons. The lowest BCUT2D eigenvalue weighted by Crippen LogP contribution is -2.44. The van der Waals surface area contributed by atoms with Crippen molar-refractivity contribution in [1.82, 2.24) is 14.8 Å². The first-order valence-electron chi connectivity index (χ1n) is 9.55. The van der Waals surface area contributed by atoms with E-state index in [9.17, 15) is 31.5 Å². The average molecular weight is 484 g/mol. The van der Waals surface area contributed by atoms with Crippen molar-refractivity contribution < 1.29 is 31.5 Å². The van der Waals surface area contributed by atoms with Crippen LogP contribution in [0.2, 0.25) is 0 Å². The molecular weight excluding hydrogens is 458 g/mol. The van der Waals surface area contributed by atoms with Crippen molar-refractivity contribution in [2.45, 2.75) is 36.1 Å². The highest BCUT2D eigenvalue weighted by Crippen LogP contribution is 2.11. The minimum Gasteiger partial charge on any atom is -0.480 e. The van der Waals surface area contributed by atoms with Gasteiger partial charge in [0.15, 0.2) is 0 Å². The highest BCUT2D eigenvalue weighted by molar-refractivity contribution is 7.89. The Balaban J connectivity index is 1.88. The summed E-state index contributed by atoms with van der Waals surface area (Å²) in [5.74, 6) is -2.10. The van der Waals surface area contributed by atoms with E-state index in [2.05, 4.69) is 14.8 Å². The van der Waals surface area contributed by atoms with Crippen LogP contribution in [0.15, 0.2) is 58.3 Å². The van der Waals surface area contributed by atoms with E-state index in [1.54, 1.807) is 31.2 Å². The molecule has 2 aromatic carbocycles. The molecule has 1 atom stereocenters. The number of hydrogen-bond acceptors (Lipinski definition) is 6. The number of carbonyl (C=O) groups excluding carboxylic acids is 1. The quantitative estimate of drug-likeness (QED) is 0.363. The molecule has 2 rings (SSSR count). The molecule has 0 aromatic heterocycles. The fraction of sp³-hybridized carbons (Fsp3) is 0.300. The van der Waals surface area contributed by atoms with Gasteiger partial charge < -0.3 is 10.4 Å². The standard InChI is InChI=1S/C20H25N3O7S2/c1-14-3-7-16(8-4-14)31(27,28)22-13-19(24)21-12-11-18(20(25)26)23-32(29,30)17-9-5-15(2)6-10-17/h3-10,18,22-23H,11-13H2,1-2H3,(H,21,24)(H,25,26)/t18-/m0/s1. The first-order chi connectivity index (χ1) is 14.9. The van der Waals surface area contributed by atoms with Crippen molar-refractivity contribution in [3.63, 3.8) is 0 Å². The number of sulfonamides is 2. The minimum atomic E-state index is -4.07. The van der Waals surface area contributed by atoms with Gasteiger partial charge in [-0.15, -0.1) is 0 Å². The third-order valence-electron chi connectivity index (χ3n) is 4.44. The molecule has 12 heteroatoms. The number of nitrogens with one attached hydrogen (secondary N) is 3. The van der Waals surface area contributed by atoms with Crippen molar-refractivity contribution in [3.05, 3.63) is 59.7 Å². The van der Waals surface area contributed by atoms with Crippen LogP contribution in [0.3, 0.4) is 0 Å². The van der Waals surface area contributed by atoms with Gasteiger partial charge in [-0.2, -0.15) is 4.72 Å². The van der Waals surface area contributed by atoms with E-state index < -0.39 is 44.5 Å². The van der Waals surface area contributed by atoms with Crippen molar-refractivity contribution in [2.24, 2.45) is 0 Å². The van der Waals surface area contributed by atoms with Gasteiger partial charge in [-0.1, -0.05) is 35.4 Å². The average Bonchev–Trinajstić information content (AvgIpc) is 2.72. The van der Waals surface area contributed by atoms with E-state index >= 15 is 0 Å². The lowest BCUT2D eigenvalue weighted by atomic mass is 10.2. The van der Waals surface area contributed by atoms with Crippen LogP contribution in [0.5, 0.6) is 0 Å². The Labute approximate surface area is 187 Å². The summed E-state index contributed by atoms with van der Waals surface area (Å²) >= 11 is 0. The molecule has 0 saturated carbocycles. The molecule has 1 amide bonds. The molecule has 0 saturated heterocycles. The third-order valence-corrected chi connectivity index (χ3v) is 7.34. The fourth-order valence-electron chi connectivity index (χ4n) is 2.59. The molecule has 10 nitrogen and oxygen atoms in total. The van der Waals surface area contributed by atoms with Crippen molar-refractivity contribution in [2.75, 3.05) is 13.1 Å². The Kier molecular flexibility index (Phi) is 8.50. The highest BCUT2D eigenvalue weighted by atomic mass is 32.2. The molecule has 2 aromatic rings. The summed E-state index contributed by atoms with van der Waals surface area (Å²) in [5.41, 5.74) is 1.73. The summed E-state index contributed by atoms with van der Waals surface area (Å²) in [4.78, 5) is 23.3.